The van der Waals surface area contributed by atoms with Crippen LogP contribution in [0.25, 0.3) is 0 Å². The smallest absolute Gasteiger partial charge is 0.222 e. The van der Waals surface area contributed by atoms with Gasteiger partial charge in [-0.15, -0.1) is 11.3 Å². The highest BCUT2D eigenvalue weighted by atomic mass is 79.9. The number of amides is 1. The maximum absolute atomic E-state index is 11.5. The number of thiophene rings is 1. The molecule has 22 heavy (non-hydrogen) atoms. The fourth-order valence-corrected chi connectivity index (χ4v) is 3.73. The van der Waals surface area contributed by atoms with E-state index in [9.17, 15) is 4.79 Å². The summed E-state index contributed by atoms with van der Waals surface area (Å²) >= 11 is 5.16. The van der Waals surface area contributed by atoms with Gasteiger partial charge in [-0.3, -0.25) is 4.79 Å². The third-order valence-corrected chi connectivity index (χ3v) is 5.11. The maximum atomic E-state index is 11.5. The summed E-state index contributed by atoms with van der Waals surface area (Å²) in [4.78, 5) is 19.3. The Morgan fingerprint density at radius 2 is 2.36 bits per heavy atom. The van der Waals surface area contributed by atoms with Crippen molar-refractivity contribution in [3.8, 4) is 0 Å². The van der Waals surface area contributed by atoms with Gasteiger partial charge in [0.1, 0.15) is 0 Å². The van der Waals surface area contributed by atoms with Gasteiger partial charge in [0.15, 0.2) is 5.96 Å². The second-order valence-corrected chi connectivity index (χ2v) is 7.10. The molecule has 0 unspecified atom stereocenters. The van der Waals surface area contributed by atoms with Gasteiger partial charge in [0, 0.05) is 47.3 Å². The van der Waals surface area contributed by atoms with Crippen LogP contribution in [0, 0.1) is 0 Å². The number of hydrogen-bond donors (Lipinski definition) is 2. The summed E-state index contributed by atoms with van der Waals surface area (Å²) < 4.78 is 1.11. The largest absolute Gasteiger partial charge is 0.357 e. The summed E-state index contributed by atoms with van der Waals surface area (Å²) in [5, 5.41) is 8.65. The maximum Gasteiger partial charge on any atom is 0.222 e. The molecule has 122 valence electrons. The quantitative estimate of drug-likeness (QED) is 0.430. The van der Waals surface area contributed by atoms with Gasteiger partial charge < -0.3 is 15.5 Å². The molecule has 1 aromatic heterocycles. The van der Waals surface area contributed by atoms with Gasteiger partial charge in [0.2, 0.25) is 5.91 Å². The number of carbonyl (C=O) groups excluding carboxylic acids is 1. The third-order valence-electron chi connectivity index (χ3n) is 3.43. The number of rotatable bonds is 7. The van der Waals surface area contributed by atoms with E-state index in [2.05, 4.69) is 49.9 Å². The molecule has 5 nitrogen and oxygen atoms in total. The van der Waals surface area contributed by atoms with Crippen LogP contribution < -0.4 is 10.6 Å². The molecule has 1 aliphatic heterocycles. The minimum atomic E-state index is 0.295. The summed E-state index contributed by atoms with van der Waals surface area (Å²) in [5.41, 5.74) is 0. The van der Waals surface area contributed by atoms with Crippen molar-refractivity contribution in [2.24, 2.45) is 4.99 Å². The molecule has 0 spiro atoms. The van der Waals surface area contributed by atoms with Crippen molar-refractivity contribution >= 4 is 39.1 Å². The van der Waals surface area contributed by atoms with E-state index in [4.69, 9.17) is 0 Å². The summed E-state index contributed by atoms with van der Waals surface area (Å²) in [6.45, 7) is 6.15. The molecule has 2 N–H and O–H groups in total. The van der Waals surface area contributed by atoms with Crippen molar-refractivity contribution in [3.63, 3.8) is 0 Å². The minimum absolute atomic E-state index is 0.295. The summed E-state index contributed by atoms with van der Waals surface area (Å²) in [6, 6.07) is 2.09. The van der Waals surface area contributed by atoms with Gasteiger partial charge in [-0.1, -0.05) is 0 Å². The van der Waals surface area contributed by atoms with Crippen LogP contribution in [0.3, 0.4) is 0 Å². The number of aliphatic imine (C=N–C) groups is 1. The van der Waals surface area contributed by atoms with Crippen LogP contribution in [-0.4, -0.2) is 42.9 Å². The molecule has 1 amide bonds. The molecule has 0 saturated carbocycles. The number of hydrogen-bond acceptors (Lipinski definition) is 3. The first kappa shape index (κ1) is 17.3. The summed E-state index contributed by atoms with van der Waals surface area (Å²) in [5.74, 6) is 1.13. The molecule has 0 radical (unpaired) electrons. The van der Waals surface area contributed by atoms with E-state index >= 15 is 0 Å². The highest BCUT2D eigenvalue weighted by Crippen LogP contribution is 2.20. The Hall–Kier alpha value is -1.08. The van der Waals surface area contributed by atoms with E-state index < -0.39 is 0 Å². The van der Waals surface area contributed by atoms with Gasteiger partial charge in [-0.25, -0.2) is 4.99 Å². The van der Waals surface area contributed by atoms with Crippen LogP contribution in [-0.2, 0) is 11.3 Å². The van der Waals surface area contributed by atoms with Crippen molar-refractivity contribution < 1.29 is 4.79 Å². The lowest BCUT2D eigenvalue weighted by Crippen LogP contribution is -2.38. The number of nitrogens with one attached hydrogen (secondary N) is 2. The molecule has 1 fully saturated rings. The lowest BCUT2D eigenvalue weighted by Gasteiger charge is -2.16. The first-order valence-electron chi connectivity index (χ1n) is 7.72. The molecule has 0 atom stereocenters. The van der Waals surface area contributed by atoms with Crippen LogP contribution >= 0.6 is 27.3 Å². The molecule has 1 aliphatic rings. The van der Waals surface area contributed by atoms with E-state index in [0.29, 0.717) is 18.9 Å². The van der Waals surface area contributed by atoms with Gasteiger partial charge >= 0.3 is 0 Å². The molecule has 1 aromatic rings. The standard InChI is InChI=1S/C15H23BrN4OS/c1-2-17-15(19-10-13-9-12(16)11-22-13)18-6-4-8-20-7-3-5-14(20)21/h9,11H,2-8,10H2,1H3,(H2,17,18,19). The molecule has 0 bridgehead atoms. The fraction of sp³-hybridized carbons (Fsp3) is 0.600. The van der Waals surface area contributed by atoms with Gasteiger partial charge in [0.25, 0.3) is 0 Å². The van der Waals surface area contributed by atoms with E-state index in [1.807, 2.05) is 4.90 Å². The zero-order chi connectivity index (χ0) is 15.8. The third kappa shape index (κ3) is 5.61. The first-order valence-corrected chi connectivity index (χ1v) is 9.39. The second kappa shape index (κ2) is 9.15. The van der Waals surface area contributed by atoms with Crippen LogP contribution in [0.2, 0.25) is 0 Å². The monoisotopic (exact) mass is 386 g/mol. The van der Waals surface area contributed by atoms with Crippen molar-refractivity contribution in [1.82, 2.24) is 15.5 Å². The predicted octanol–water partition coefficient (Wildman–Crippen LogP) is 2.58. The number of likely N-dealkylation sites (tertiary alicyclic amines) is 1. The average molecular weight is 387 g/mol. The van der Waals surface area contributed by atoms with Crippen molar-refractivity contribution in [3.05, 3.63) is 20.8 Å². The average Bonchev–Trinajstić information content (AvgIpc) is 3.09. The fourth-order valence-electron chi connectivity index (χ4n) is 2.35. The molecule has 0 aromatic carbocycles. The second-order valence-electron chi connectivity index (χ2n) is 5.19. The Morgan fingerprint density at radius 1 is 1.50 bits per heavy atom. The highest BCUT2D eigenvalue weighted by Gasteiger charge is 2.18. The van der Waals surface area contributed by atoms with Crippen LogP contribution in [0.15, 0.2) is 20.9 Å². The molecular formula is C15H23BrN4OS. The molecular weight excluding hydrogens is 364 g/mol. The number of halogens is 1. The SMILES string of the molecule is CCNC(=NCc1cc(Br)cs1)NCCCN1CCCC1=O. The van der Waals surface area contributed by atoms with E-state index in [-0.39, 0.29) is 0 Å². The Kier molecular flexibility index (Phi) is 7.18. The van der Waals surface area contributed by atoms with Crippen molar-refractivity contribution in [1.29, 1.82) is 0 Å². The van der Waals surface area contributed by atoms with E-state index in [0.717, 1.165) is 49.5 Å². The Balaban J connectivity index is 1.72. The van der Waals surface area contributed by atoms with Gasteiger partial charge in [0.05, 0.1) is 6.54 Å². The number of nitrogens with zero attached hydrogens (tertiary/aromatic N) is 2. The Morgan fingerprint density at radius 3 is 3.00 bits per heavy atom. The minimum Gasteiger partial charge on any atom is -0.357 e. The summed E-state index contributed by atoms with van der Waals surface area (Å²) in [6.07, 6.45) is 2.67. The van der Waals surface area contributed by atoms with Crippen molar-refractivity contribution in [2.45, 2.75) is 32.7 Å². The summed E-state index contributed by atoms with van der Waals surface area (Å²) in [7, 11) is 0. The topological polar surface area (TPSA) is 56.7 Å². The Bertz CT molecular complexity index is 517. The zero-order valence-electron chi connectivity index (χ0n) is 12.9. The Labute approximate surface area is 144 Å². The van der Waals surface area contributed by atoms with E-state index in [1.54, 1.807) is 11.3 Å². The van der Waals surface area contributed by atoms with Gasteiger partial charge in [-0.2, -0.15) is 0 Å². The lowest BCUT2D eigenvalue weighted by molar-refractivity contribution is -0.127. The van der Waals surface area contributed by atoms with Crippen molar-refractivity contribution in [2.75, 3.05) is 26.2 Å². The zero-order valence-corrected chi connectivity index (χ0v) is 15.3. The molecule has 7 heteroatoms. The van der Waals surface area contributed by atoms with Crippen LogP contribution in [0.1, 0.15) is 31.1 Å². The molecule has 2 heterocycles. The normalized spacial score (nSPS) is 15.5. The lowest BCUT2D eigenvalue weighted by atomic mass is 10.4. The number of guanidine groups is 1. The highest BCUT2D eigenvalue weighted by molar-refractivity contribution is 9.10. The van der Waals surface area contributed by atoms with Gasteiger partial charge in [-0.05, 0) is 41.8 Å². The first-order chi connectivity index (χ1) is 10.7. The number of carbonyl (C=O) groups is 1. The molecule has 0 aliphatic carbocycles. The van der Waals surface area contributed by atoms with Crippen LogP contribution in [0.5, 0.6) is 0 Å². The molecule has 1 saturated heterocycles. The van der Waals surface area contributed by atoms with Crippen LogP contribution in [0.4, 0.5) is 0 Å². The predicted molar refractivity (Wildman–Crippen MR) is 95.3 cm³/mol. The van der Waals surface area contributed by atoms with E-state index in [1.165, 1.54) is 4.88 Å². The molecule has 2 rings (SSSR count).